The molecule has 0 aromatic heterocycles. The molecule has 0 radical (unpaired) electrons. The van der Waals surface area contributed by atoms with Crippen LogP contribution < -0.4 is 5.32 Å². The Hall–Kier alpha value is -3.85. The molecule has 2 amide bonds. The van der Waals surface area contributed by atoms with E-state index in [4.69, 9.17) is 0 Å². The summed E-state index contributed by atoms with van der Waals surface area (Å²) in [7, 11) is -1.63. The molecule has 3 aromatic carbocycles. The second-order valence-corrected chi connectivity index (χ2v) is 8.32. The van der Waals surface area contributed by atoms with E-state index in [1.165, 1.54) is 18.2 Å². The van der Waals surface area contributed by atoms with E-state index in [9.17, 15) is 23.9 Å². The fourth-order valence-corrected chi connectivity index (χ4v) is 4.55. The number of rotatable bonds is 9. The first-order valence-corrected chi connectivity index (χ1v) is 11.0. The van der Waals surface area contributed by atoms with E-state index in [0.29, 0.717) is 5.56 Å². The van der Waals surface area contributed by atoms with Crippen molar-refractivity contribution in [2.75, 3.05) is 5.75 Å². The highest BCUT2D eigenvalue weighted by Gasteiger charge is 2.24. The third kappa shape index (κ3) is 6.32. The molecule has 8 nitrogen and oxygen atoms in total. The van der Waals surface area contributed by atoms with Gasteiger partial charge >= 0.3 is 0 Å². The molecule has 3 aromatic rings. The molecule has 9 heteroatoms. The van der Waals surface area contributed by atoms with Gasteiger partial charge in [-0.05, 0) is 28.8 Å². The van der Waals surface area contributed by atoms with Crippen molar-refractivity contribution in [1.82, 2.24) is 5.32 Å². The van der Waals surface area contributed by atoms with Crippen molar-refractivity contribution in [3.63, 3.8) is 0 Å². The van der Waals surface area contributed by atoms with Crippen molar-refractivity contribution >= 4 is 22.6 Å². The highest BCUT2D eigenvalue weighted by molar-refractivity contribution is 7.86. The summed E-state index contributed by atoms with van der Waals surface area (Å²) in [5.74, 6) is -1.74. The second kappa shape index (κ2) is 11.0. The van der Waals surface area contributed by atoms with E-state index in [-0.39, 0.29) is 17.9 Å². The number of carbonyl (C=O) groups excluding carboxylic acids is 2. The van der Waals surface area contributed by atoms with Crippen LogP contribution in [-0.4, -0.2) is 26.9 Å². The standard InChI is InChI=1S/C23H20N2O6S/c26-21(24-23(27)20-13-7-8-17(14-20)15-31-25(28)29)16-32(30)22(18-9-3-1-4-10-18)19-11-5-2-6-12-19/h1-14,22H,15-16H2,(H,24,26,27). The molecule has 1 atom stereocenters. The minimum absolute atomic E-state index is 0.135. The van der Waals surface area contributed by atoms with Crippen LogP contribution in [0, 0.1) is 10.1 Å². The van der Waals surface area contributed by atoms with Crippen LogP contribution in [0.4, 0.5) is 0 Å². The first-order chi connectivity index (χ1) is 15.4. The van der Waals surface area contributed by atoms with Gasteiger partial charge in [0.2, 0.25) is 5.91 Å². The summed E-state index contributed by atoms with van der Waals surface area (Å²) >= 11 is 0. The van der Waals surface area contributed by atoms with Gasteiger partial charge in [0, 0.05) is 16.4 Å². The molecule has 0 saturated heterocycles. The normalized spacial score (nSPS) is 11.5. The Kier molecular flexibility index (Phi) is 7.82. The monoisotopic (exact) mass is 452 g/mol. The van der Waals surface area contributed by atoms with Gasteiger partial charge in [0.15, 0.2) is 0 Å². The summed E-state index contributed by atoms with van der Waals surface area (Å²) < 4.78 is 13.1. The average Bonchev–Trinajstić information content (AvgIpc) is 2.79. The predicted octanol–water partition coefficient (Wildman–Crippen LogP) is 3.19. The molecule has 1 N–H and O–H groups in total. The molecule has 0 aliphatic carbocycles. The van der Waals surface area contributed by atoms with Gasteiger partial charge in [0.05, 0.1) is 5.25 Å². The lowest BCUT2D eigenvalue weighted by Gasteiger charge is -2.17. The summed E-state index contributed by atoms with van der Waals surface area (Å²) in [6, 6.07) is 24.4. The Morgan fingerprint density at radius 3 is 2.09 bits per heavy atom. The Morgan fingerprint density at radius 2 is 1.53 bits per heavy atom. The topological polar surface area (TPSA) is 116 Å². The quantitative estimate of drug-likeness (QED) is 0.394. The van der Waals surface area contributed by atoms with Crippen LogP contribution in [0.5, 0.6) is 0 Å². The average molecular weight is 452 g/mol. The second-order valence-electron chi connectivity index (χ2n) is 6.80. The Balaban J connectivity index is 1.69. The van der Waals surface area contributed by atoms with Crippen molar-refractivity contribution in [2.45, 2.75) is 11.9 Å². The highest BCUT2D eigenvalue weighted by Crippen LogP contribution is 2.28. The molecular weight excluding hydrogens is 432 g/mol. The summed E-state index contributed by atoms with van der Waals surface area (Å²) in [5, 5.41) is 11.1. The number of hydrogen-bond donors (Lipinski definition) is 1. The lowest BCUT2D eigenvalue weighted by atomic mass is 10.0. The van der Waals surface area contributed by atoms with E-state index in [1.807, 2.05) is 60.7 Å². The zero-order valence-electron chi connectivity index (χ0n) is 16.9. The molecular formula is C23H20N2O6S. The largest absolute Gasteiger partial charge is 0.309 e. The lowest BCUT2D eigenvalue weighted by Crippen LogP contribution is -2.35. The fraction of sp³-hybridized carbons (Fsp3) is 0.130. The lowest BCUT2D eigenvalue weighted by molar-refractivity contribution is -0.763. The number of benzene rings is 3. The van der Waals surface area contributed by atoms with E-state index in [0.717, 1.165) is 11.1 Å². The molecule has 0 aliphatic rings. The number of imide groups is 1. The van der Waals surface area contributed by atoms with Crippen molar-refractivity contribution < 1.29 is 23.7 Å². The van der Waals surface area contributed by atoms with Crippen molar-refractivity contribution in [1.29, 1.82) is 0 Å². The SMILES string of the molecule is O=C(CS(=O)C(c1ccccc1)c1ccccc1)NC(=O)c1cccc(CO[N+](=O)[O-])c1. The molecule has 0 fully saturated rings. The van der Waals surface area contributed by atoms with Crippen LogP contribution in [0.15, 0.2) is 84.9 Å². The highest BCUT2D eigenvalue weighted by atomic mass is 32.2. The molecule has 0 spiro atoms. The first kappa shape index (κ1) is 22.8. The fourth-order valence-electron chi connectivity index (χ4n) is 3.13. The van der Waals surface area contributed by atoms with Gasteiger partial charge < -0.3 is 4.84 Å². The van der Waals surface area contributed by atoms with Crippen LogP contribution in [0.25, 0.3) is 0 Å². The Bertz CT molecular complexity index is 1080. The number of nitrogens with one attached hydrogen (secondary N) is 1. The maximum absolute atomic E-state index is 13.1. The van der Waals surface area contributed by atoms with E-state index < -0.39 is 33.0 Å². The number of hydrogen-bond acceptors (Lipinski definition) is 6. The maximum Gasteiger partial charge on any atom is 0.294 e. The smallest absolute Gasteiger partial charge is 0.294 e. The zero-order valence-corrected chi connectivity index (χ0v) is 17.7. The van der Waals surface area contributed by atoms with Crippen LogP contribution in [0.1, 0.15) is 32.3 Å². The Labute approximate surface area is 186 Å². The third-order valence-electron chi connectivity index (χ3n) is 4.52. The summed E-state index contributed by atoms with van der Waals surface area (Å²) in [6.45, 7) is -0.318. The summed E-state index contributed by atoms with van der Waals surface area (Å²) in [5.41, 5.74) is 2.14. The van der Waals surface area contributed by atoms with Gasteiger partial charge in [-0.25, -0.2) is 0 Å². The molecule has 32 heavy (non-hydrogen) atoms. The minimum Gasteiger partial charge on any atom is -0.309 e. The van der Waals surface area contributed by atoms with Gasteiger partial charge in [0.25, 0.3) is 11.0 Å². The number of carbonyl (C=O) groups is 2. The summed E-state index contributed by atoms with van der Waals surface area (Å²) in [6.07, 6.45) is 0. The summed E-state index contributed by atoms with van der Waals surface area (Å²) in [4.78, 5) is 39.5. The maximum atomic E-state index is 13.1. The van der Waals surface area contributed by atoms with Crippen molar-refractivity contribution in [3.8, 4) is 0 Å². The van der Waals surface area contributed by atoms with Crippen LogP contribution >= 0.6 is 0 Å². The zero-order chi connectivity index (χ0) is 22.9. The molecule has 0 aliphatic heterocycles. The van der Waals surface area contributed by atoms with E-state index in [2.05, 4.69) is 10.2 Å². The third-order valence-corrected chi connectivity index (χ3v) is 6.14. The van der Waals surface area contributed by atoms with Gasteiger partial charge in [-0.3, -0.25) is 19.1 Å². The predicted molar refractivity (Wildman–Crippen MR) is 118 cm³/mol. The van der Waals surface area contributed by atoms with Gasteiger partial charge in [0.1, 0.15) is 12.4 Å². The van der Waals surface area contributed by atoms with Crippen molar-refractivity contribution in [2.24, 2.45) is 0 Å². The van der Waals surface area contributed by atoms with Gasteiger partial charge in [-0.2, -0.15) is 0 Å². The van der Waals surface area contributed by atoms with Crippen LogP contribution in [0.2, 0.25) is 0 Å². The molecule has 0 bridgehead atoms. The first-order valence-electron chi connectivity index (χ1n) is 9.61. The molecule has 3 rings (SSSR count). The van der Waals surface area contributed by atoms with Crippen LogP contribution in [0.3, 0.4) is 0 Å². The molecule has 0 heterocycles. The van der Waals surface area contributed by atoms with E-state index >= 15 is 0 Å². The molecule has 0 saturated carbocycles. The molecule has 1 unspecified atom stereocenters. The van der Waals surface area contributed by atoms with Crippen LogP contribution in [-0.2, 0) is 27.0 Å². The van der Waals surface area contributed by atoms with Crippen molar-refractivity contribution in [3.05, 3.63) is 117 Å². The minimum atomic E-state index is -1.63. The number of nitrogens with zero attached hydrogens (tertiary/aromatic N) is 1. The van der Waals surface area contributed by atoms with E-state index in [1.54, 1.807) is 6.07 Å². The molecule has 164 valence electrons. The van der Waals surface area contributed by atoms with Gasteiger partial charge in [-0.15, -0.1) is 10.1 Å². The van der Waals surface area contributed by atoms with Gasteiger partial charge in [-0.1, -0.05) is 72.8 Å². The number of amides is 2. The Morgan fingerprint density at radius 1 is 0.938 bits per heavy atom.